The van der Waals surface area contributed by atoms with E-state index in [-0.39, 0.29) is 15.9 Å². The molecule has 1 aliphatic rings. The van der Waals surface area contributed by atoms with E-state index < -0.39 is 10.0 Å². The lowest BCUT2D eigenvalue weighted by Gasteiger charge is -2.30. The number of carbonyl (C=O) groups excluding carboxylic acids is 1. The van der Waals surface area contributed by atoms with E-state index in [0.717, 1.165) is 23.4 Å². The largest absolute Gasteiger partial charge is 0.378 e. The van der Waals surface area contributed by atoms with Crippen molar-refractivity contribution in [1.82, 2.24) is 10.2 Å². The van der Waals surface area contributed by atoms with Gasteiger partial charge in [-0.2, -0.15) is 0 Å². The minimum Gasteiger partial charge on any atom is -0.378 e. The second-order valence-electron chi connectivity index (χ2n) is 7.52. The number of sulfonamides is 1. The Balaban J connectivity index is 1.60. The smallest absolute Gasteiger partial charge is 0.263 e. The fraction of sp³-hybridized carbons (Fsp3) is 0.286. The molecule has 0 bridgehead atoms. The van der Waals surface area contributed by atoms with Crippen molar-refractivity contribution >= 4 is 43.8 Å². The van der Waals surface area contributed by atoms with Crippen LogP contribution in [0.3, 0.4) is 0 Å². The number of fused-ring (bicyclic) bond motifs is 1. The third-order valence-corrected chi connectivity index (χ3v) is 7.32. The monoisotopic (exact) mass is 457 g/mol. The Bertz CT molecular complexity index is 1220. The zero-order valence-electron chi connectivity index (χ0n) is 17.5. The van der Waals surface area contributed by atoms with E-state index >= 15 is 0 Å². The fourth-order valence-corrected chi connectivity index (χ4v) is 5.39. The van der Waals surface area contributed by atoms with Crippen LogP contribution in [0.15, 0.2) is 47.4 Å². The van der Waals surface area contributed by atoms with Crippen LogP contribution in [0.5, 0.6) is 0 Å². The summed E-state index contributed by atoms with van der Waals surface area (Å²) in [6.45, 7) is 2.35. The molecule has 1 aliphatic heterocycles. The van der Waals surface area contributed by atoms with Crippen molar-refractivity contribution in [1.29, 1.82) is 0 Å². The summed E-state index contributed by atoms with van der Waals surface area (Å²) in [6, 6.07) is 12.3. The highest BCUT2D eigenvalue weighted by atomic mass is 32.2. The summed E-state index contributed by atoms with van der Waals surface area (Å²) in [6.07, 6.45) is 1.47. The maximum Gasteiger partial charge on any atom is 0.263 e. The Hall–Kier alpha value is -2.98. The first-order valence-electron chi connectivity index (χ1n) is 9.80. The van der Waals surface area contributed by atoms with Crippen molar-refractivity contribution in [2.75, 3.05) is 35.2 Å². The molecule has 1 aromatic heterocycles. The molecule has 1 N–H and O–H groups in total. The second-order valence-corrected chi connectivity index (χ2v) is 10.4. The lowest BCUT2D eigenvalue weighted by Crippen LogP contribution is -2.35. The molecule has 0 fully saturated rings. The summed E-state index contributed by atoms with van der Waals surface area (Å²) >= 11 is 1.17. The van der Waals surface area contributed by atoms with Gasteiger partial charge in [0.2, 0.25) is 5.13 Å². The molecule has 162 valence electrons. The van der Waals surface area contributed by atoms with Gasteiger partial charge in [0.15, 0.2) is 0 Å². The van der Waals surface area contributed by atoms with Crippen LogP contribution >= 0.6 is 11.3 Å². The van der Waals surface area contributed by atoms with Crippen molar-refractivity contribution in [3.05, 3.63) is 58.6 Å². The molecule has 10 heteroatoms. The van der Waals surface area contributed by atoms with E-state index in [2.05, 4.69) is 14.9 Å². The summed E-state index contributed by atoms with van der Waals surface area (Å²) < 4.78 is 28.0. The first kappa shape index (κ1) is 21.3. The van der Waals surface area contributed by atoms with E-state index in [4.69, 9.17) is 0 Å². The quantitative estimate of drug-likeness (QED) is 0.632. The third kappa shape index (κ3) is 4.40. The van der Waals surface area contributed by atoms with E-state index in [1.54, 1.807) is 24.0 Å². The maximum atomic E-state index is 13.1. The zero-order valence-corrected chi connectivity index (χ0v) is 19.1. The van der Waals surface area contributed by atoms with Crippen molar-refractivity contribution in [3.8, 4) is 0 Å². The minimum absolute atomic E-state index is 0.0932. The van der Waals surface area contributed by atoms with Gasteiger partial charge in [-0.25, -0.2) is 8.42 Å². The molecule has 3 aromatic rings. The summed E-state index contributed by atoms with van der Waals surface area (Å²) in [7, 11) is 0.111. The molecule has 0 unspecified atom stereocenters. The molecule has 2 heterocycles. The van der Waals surface area contributed by atoms with Gasteiger partial charge >= 0.3 is 0 Å². The molecular weight excluding hydrogens is 434 g/mol. The molecule has 1 amide bonds. The van der Waals surface area contributed by atoms with Gasteiger partial charge in [0, 0.05) is 37.6 Å². The highest BCUT2D eigenvalue weighted by Gasteiger charge is 2.26. The number of nitrogens with one attached hydrogen (secondary N) is 1. The predicted octanol–water partition coefficient (Wildman–Crippen LogP) is 3.31. The number of rotatable bonds is 5. The van der Waals surface area contributed by atoms with Gasteiger partial charge in [-0.3, -0.25) is 9.52 Å². The molecular formula is C21H23N5O3S2. The van der Waals surface area contributed by atoms with Gasteiger partial charge in [-0.15, -0.1) is 10.2 Å². The van der Waals surface area contributed by atoms with Gasteiger partial charge in [0.1, 0.15) is 5.01 Å². The van der Waals surface area contributed by atoms with Gasteiger partial charge < -0.3 is 9.80 Å². The van der Waals surface area contributed by atoms with Crippen LogP contribution in [0.25, 0.3) is 0 Å². The first-order valence-corrected chi connectivity index (χ1v) is 12.1. The van der Waals surface area contributed by atoms with E-state index in [1.165, 1.54) is 17.4 Å². The van der Waals surface area contributed by atoms with Gasteiger partial charge in [-0.1, -0.05) is 11.3 Å². The van der Waals surface area contributed by atoms with Crippen LogP contribution in [0.4, 0.5) is 16.5 Å². The number of amides is 1. The minimum atomic E-state index is -3.79. The number of hydrogen-bond acceptors (Lipinski definition) is 7. The molecule has 0 atom stereocenters. The zero-order chi connectivity index (χ0) is 22.2. The maximum absolute atomic E-state index is 13.1. The SMILES string of the molecule is Cc1nnc(NS(=O)(=O)c2ccc3c(c2)CCCN3C(=O)c2ccc(N(C)C)cc2)s1. The molecule has 31 heavy (non-hydrogen) atoms. The van der Waals surface area contributed by atoms with Crippen LogP contribution in [-0.4, -0.2) is 45.2 Å². The number of aromatic nitrogens is 2. The average molecular weight is 458 g/mol. The van der Waals surface area contributed by atoms with E-state index in [1.807, 2.05) is 43.3 Å². The van der Waals surface area contributed by atoms with Crippen molar-refractivity contribution in [2.45, 2.75) is 24.7 Å². The number of aryl methyl sites for hydroxylation is 2. The van der Waals surface area contributed by atoms with Crippen LogP contribution in [-0.2, 0) is 16.4 Å². The highest BCUT2D eigenvalue weighted by Crippen LogP contribution is 2.31. The number of anilines is 3. The molecule has 0 radical (unpaired) electrons. The number of benzene rings is 2. The standard InChI is InChI=1S/C21H23N5O3S2/c1-14-22-23-21(30-14)24-31(28,29)18-10-11-19-16(13-18)5-4-12-26(19)20(27)15-6-8-17(9-7-15)25(2)3/h6-11,13H,4-5,12H2,1-3H3,(H,23,24). The van der Waals surface area contributed by atoms with Crippen molar-refractivity contribution in [3.63, 3.8) is 0 Å². The summed E-state index contributed by atoms with van der Waals surface area (Å²) in [5.74, 6) is -0.0932. The second kappa shape index (κ2) is 8.27. The number of nitrogens with zero attached hydrogens (tertiary/aromatic N) is 4. The summed E-state index contributed by atoms with van der Waals surface area (Å²) in [4.78, 5) is 17.0. The van der Waals surface area contributed by atoms with Crippen molar-refractivity contribution < 1.29 is 13.2 Å². The normalized spacial score (nSPS) is 13.6. The Morgan fingerprint density at radius 3 is 2.52 bits per heavy atom. The Kier molecular flexibility index (Phi) is 5.67. The lowest BCUT2D eigenvalue weighted by atomic mass is 10.0. The molecule has 0 spiro atoms. The molecule has 8 nitrogen and oxygen atoms in total. The van der Waals surface area contributed by atoms with Crippen LogP contribution in [0.2, 0.25) is 0 Å². The highest BCUT2D eigenvalue weighted by molar-refractivity contribution is 7.93. The van der Waals surface area contributed by atoms with Gasteiger partial charge in [0.05, 0.1) is 4.90 Å². The molecule has 2 aromatic carbocycles. The van der Waals surface area contributed by atoms with E-state index in [0.29, 0.717) is 23.5 Å². The molecule has 0 aliphatic carbocycles. The first-order chi connectivity index (χ1) is 14.7. The predicted molar refractivity (Wildman–Crippen MR) is 123 cm³/mol. The van der Waals surface area contributed by atoms with Gasteiger partial charge in [-0.05, 0) is 67.8 Å². The Labute approximate surface area is 185 Å². The Morgan fingerprint density at radius 1 is 1.13 bits per heavy atom. The van der Waals surface area contributed by atoms with Gasteiger partial charge in [0.25, 0.3) is 15.9 Å². The molecule has 0 saturated carbocycles. The fourth-order valence-electron chi connectivity index (χ4n) is 3.52. The summed E-state index contributed by atoms with van der Waals surface area (Å²) in [5, 5.41) is 8.56. The third-order valence-electron chi connectivity index (χ3n) is 5.10. The molecule has 0 saturated heterocycles. The van der Waals surface area contributed by atoms with E-state index in [9.17, 15) is 13.2 Å². The van der Waals surface area contributed by atoms with Crippen LogP contribution in [0, 0.1) is 6.92 Å². The summed E-state index contributed by atoms with van der Waals surface area (Å²) in [5.41, 5.74) is 3.20. The van der Waals surface area contributed by atoms with Crippen LogP contribution < -0.4 is 14.5 Å². The van der Waals surface area contributed by atoms with Crippen molar-refractivity contribution in [2.24, 2.45) is 0 Å². The molecule has 4 rings (SSSR count). The topological polar surface area (TPSA) is 95.5 Å². The average Bonchev–Trinajstić information content (AvgIpc) is 3.16. The number of carbonyl (C=O) groups is 1. The number of hydrogen-bond donors (Lipinski definition) is 1. The van der Waals surface area contributed by atoms with Crippen LogP contribution in [0.1, 0.15) is 27.3 Å². The lowest BCUT2D eigenvalue weighted by molar-refractivity contribution is 0.0985. The Morgan fingerprint density at radius 2 is 1.87 bits per heavy atom.